The highest BCUT2D eigenvalue weighted by molar-refractivity contribution is 5.76. The first kappa shape index (κ1) is 25.3. The number of pyridine rings is 1. The first-order valence-electron chi connectivity index (χ1n) is 12.4. The predicted molar refractivity (Wildman–Crippen MR) is 131 cm³/mol. The standard InChI is InChI=1S/C26H34F3N5O/c1-19-4-6-21(7-5-19)31-22-8-12-33(13-9-22)14-10-25(35)34-11-2-3-23(18-34)32-24-15-20(16-30-17-24)26(27,28)29/h4-7,15-17,22-23,31-32H,2-3,8-14,18H2,1H3/t23-/m0/s1. The molecule has 3 heterocycles. The maximum Gasteiger partial charge on any atom is 0.417 e. The summed E-state index contributed by atoms with van der Waals surface area (Å²) in [6.07, 6.45) is 1.98. The average molecular weight is 490 g/mol. The monoisotopic (exact) mass is 489 g/mol. The summed E-state index contributed by atoms with van der Waals surface area (Å²) in [5, 5.41) is 6.74. The number of rotatable bonds is 7. The molecule has 0 saturated carbocycles. The molecule has 2 N–H and O–H groups in total. The third kappa shape index (κ3) is 7.34. The van der Waals surface area contributed by atoms with E-state index >= 15 is 0 Å². The topological polar surface area (TPSA) is 60.5 Å². The Balaban J connectivity index is 1.19. The van der Waals surface area contributed by atoms with Crippen molar-refractivity contribution < 1.29 is 18.0 Å². The molecule has 0 bridgehead atoms. The van der Waals surface area contributed by atoms with Crippen LogP contribution in [0.25, 0.3) is 0 Å². The zero-order valence-corrected chi connectivity index (χ0v) is 20.2. The number of piperidine rings is 2. The van der Waals surface area contributed by atoms with Gasteiger partial charge in [-0.15, -0.1) is 0 Å². The van der Waals surface area contributed by atoms with Crippen LogP contribution >= 0.6 is 0 Å². The first-order valence-corrected chi connectivity index (χ1v) is 12.4. The van der Waals surface area contributed by atoms with Crippen molar-refractivity contribution in [2.45, 2.75) is 57.3 Å². The molecule has 4 rings (SSSR count). The zero-order chi connectivity index (χ0) is 24.8. The summed E-state index contributed by atoms with van der Waals surface area (Å²) in [5.41, 5.74) is 1.96. The van der Waals surface area contributed by atoms with E-state index in [2.05, 4.69) is 51.7 Å². The Morgan fingerprint density at radius 3 is 2.43 bits per heavy atom. The molecule has 2 fully saturated rings. The lowest BCUT2D eigenvalue weighted by molar-refractivity contribution is -0.137. The maximum absolute atomic E-state index is 13.0. The minimum Gasteiger partial charge on any atom is -0.382 e. The van der Waals surface area contributed by atoms with E-state index in [9.17, 15) is 18.0 Å². The quantitative estimate of drug-likeness (QED) is 0.586. The van der Waals surface area contributed by atoms with Crippen LogP contribution in [-0.2, 0) is 11.0 Å². The van der Waals surface area contributed by atoms with Crippen molar-refractivity contribution in [2.24, 2.45) is 0 Å². The lowest BCUT2D eigenvalue weighted by Gasteiger charge is -2.35. The van der Waals surface area contributed by atoms with Gasteiger partial charge < -0.3 is 20.4 Å². The normalized spacial score (nSPS) is 20.0. The Morgan fingerprint density at radius 1 is 1.00 bits per heavy atom. The van der Waals surface area contributed by atoms with Gasteiger partial charge in [-0.05, 0) is 50.8 Å². The van der Waals surface area contributed by atoms with E-state index in [4.69, 9.17) is 0 Å². The van der Waals surface area contributed by atoms with Crippen LogP contribution in [0, 0.1) is 6.92 Å². The van der Waals surface area contributed by atoms with Crippen molar-refractivity contribution in [3.8, 4) is 0 Å². The Kier molecular flexibility index (Phi) is 8.15. The number of hydrogen-bond acceptors (Lipinski definition) is 5. The van der Waals surface area contributed by atoms with E-state index in [1.165, 1.54) is 11.8 Å². The van der Waals surface area contributed by atoms with Gasteiger partial charge >= 0.3 is 6.18 Å². The van der Waals surface area contributed by atoms with Gasteiger partial charge in [0.25, 0.3) is 0 Å². The summed E-state index contributed by atoms with van der Waals surface area (Å²) >= 11 is 0. The molecule has 2 aromatic rings. The molecule has 1 aromatic heterocycles. The highest BCUT2D eigenvalue weighted by atomic mass is 19.4. The second-order valence-corrected chi connectivity index (χ2v) is 9.66. The van der Waals surface area contributed by atoms with Crippen LogP contribution in [0.2, 0.25) is 0 Å². The number of amides is 1. The molecule has 0 aliphatic carbocycles. The Hall–Kier alpha value is -2.81. The number of aromatic nitrogens is 1. The summed E-state index contributed by atoms with van der Waals surface area (Å²) < 4.78 is 38.9. The summed E-state index contributed by atoms with van der Waals surface area (Å²) in [7, 11) is 0. The van der Waals surface area contributed by atoms with Crippen molar-refractivity contribution in [3.05, 3.63) is 53.9 Å². The number of halogens is 3. The van der Waals surface area contributed by atoms with Crippen LogP contribution in [0.1, 0.15) is 43.2 Å². The second-order valence-electron chi connectivity index (χ2n) is 9.66. The van der Waals surface area contributed by atoms with Crippen molar-refractivity contribution in [1.29, 1.82) is 0 Å². The Bertz CT molecular complexity index is 974. The molecule has 190 valence electrons. The van der Waals surface area contributed by atoms with Crippen LogP contribution in [-0.4, -0.2) is 65.5 Å². The Labute approximate surface area is 204 Å². The van der Waals surface area contributed by atoms with Gasteiger partial charge in [0.05, 0.1) is 11.3 Å². The fraction of sp³-hybridized carbons (Fsp3) is 0.538. The number of aryl methyl sites for hydroxylation is 1. The molecule has 0 unspecified atom stereocenters. The van der Waals surface area contributed by atoms with Crippen LogP contribution in [0.4, 0.5) is 24.5 Å². The summed E-state index contributed by atoms with van der Waals surface area (Å²) in [6.45, 7) is 5.94. The fourth-order valence-corrected chi connectivity index (χ4v) is 4.83. The summed E-state index contributed by atoms with van der Waals surface area (Å²) in [6, 6.07) is 9.89. The molecule has 1 amide bonds. The largest absolute Gasteiger partial charge is 0.417 e. The maximum atomic E-state index is 13.0. The molecule has 2 aliphatic rings. The van der Waals surface area contributed by atoms with Crippen molar-refractivity contribution >= 4 is 17.3 Å². The molecule has 35 heavy (non-hydrogen) atoms. The van der Waals surface area contributed by atoms with Gasteiger partial charge in [0, 0.05) is 69.3 Å². The lowest BCUT2D eigenvalue weighted by atomic mass is 10.0. The van der Waals surface area contributed by atoms with E-state index in [-0.39, 0.29) is 11.9 Å². The summed E-state index contributed by atoms with van der Waals surface area (Å²) in [5.74, 6) is 0.110. The van der Waals surface area contributed by atoms with Gasteiger partial charge in [-0.25, -0.2) is 0 Å². The number of carbonyl (C=O) groups is 1. The number of nitrogens with zero attached hydrogens (tertiary/aromatic N) is 3. The molecule has 2 saturated heterocycles. The molecule has 6 nitrogen and oxygen atoms in total. The van der Waals surface area contributed by atoms with E-state index in [1.54, 1.807) is 0 Å². The SMILES string of the molecule is Cc1ccc(NC2CCN(CCC(=O)N3CCC[C@H](Nc4cncc(C(F)(F)F)c4)C3)CC2)cc1. The zero-order valence-electron chi connectivity index (χ0n) is 20.2. The van der Waals surface area contributed by atoms with Crippen molar-refractivity contribution in [3.63, 3.8) is 0 Å². The third-order valence-corrected chi connectivity index (χ3v) is 6.86. The number of likely N-dealkylation sites (tertiary alicyclic amines) is 2. The molecular weight excluding hydrogens is 455 g/mol. The minimum absolute atomic E-state index is 0.0819. The highest BCUT2D eigenvalue weighted by Crippen LogP contribution is 2.30. The van der Waals surface area contributed by atoms with Crippen LogP contribution in [0.15, 0.2) is 42.7 Å². The van der Waals surface area contributed by atoms with Gasteiger partial charge in [-0.2, -0.15) is 13.2 Å². The average Bonchev–Trinajstić information content (AvgIpc) is 2.85. The molecule has 1 atom stereocenters. The van der Waals surface area contributed by atoms with Gasteiger partial charge in [-0.1, -0.05) is 17.7 Å². The summed E-state index contributed by atoms with van der Waals surface area (Å²) in [4.78, 5) is 20.8. The third-order valence-electron chi connectivity index (χ3n) is 6.86. The second kappa shape index (κ2) is 11.3. The smallest absolute Gasteiger partial charge is 0.382 e. The number of carbonyl (C=O) groups excluding carboxylic acids is 1. The van der Waals surface area contributed by atoms with Gasteiger partial charge in [0.15, 0.2) is 0 Å². The molecule has 0 radical (unpaired) electrons. The van der Waals surface area contributed by atoms with E-state index in [0.717, 1.165) is 63.3 Å². The molecular formula is C26H34F3N5O. The number of benzene rings is 1. The van der Waals surface area contributed by atoms with Gasteiger partial charge in [-0.3, -0.25) is 9.78 Å². The minimum atomic E-state index is -4.43. The van der Waals surface area contributed by atoms with Crippen LogP contribution in [0.5, 0.6) is 0 Å². The van der Waals surface area contributed by atoms with Gasteiger partial charge in [0.2, 0.25) is 5.91 Å². The molecule has 1 aromatic carbocycles. The first-order chi connectivity index (χ1) is 16.8. The molecule has 0 spiro atoms. The van der Waals surface area contributed by atoms with Crippen LogP contribution in [0.3, 0.4) is 0 Å². The van der Waals surface area contributed by atoms with E-state index in [0.29, 0.717) is 31.2 Å². The lowest BCUT2D eigenvalue weighted by Crippen LogP contribution is -2.46. The van der Waals surface area contributed by atoms with E-state index < -0.39 is 11.7 Å². The number of alkyl halides is 3. The van der Waals surface area contributed by atoms with Crippen molar-refractivity contribution in [1.82, 2.24) is 14.8 Å². The number of hydrogen-bond donors (Lipinski definition) is 2. The Morgan fingerprint density at radius 2 is 1.71 bits per heavy atom. The highest BCUT2D eigenvalue weighted by Gasteiger charge is 2.31. The number of anilines is 2. The predicted octanol–water partition coefficient (Wildman–Crippen LogP) is 4.78. The van der Waals surface area contributed by atoms with Gasteiger partial charge in [0.1, 0.15) is 0 Å². The van der Waals surface area contributed by atoms with Crippen molar-refractivity contribution in [2.75, 3.05) is 43.4 Å². The van der Waals surface area contributed by atoms with Crippen LogP contribution < -0.4 is 10.6 Å². The molecule has 2 aliphatic heterocycles. The fourth-order valence-electron chi connectivity index (χ4n) is 4.83. The molecule has 9 heteroatoms. The number of nitrogens with one attached hydrogen (secondary N) is 2. The van der Waals surface area contributed by atoms with E-state index in [1.807, 2.05) is 4.90 Å².